The van der Waals surface area contributed by atoms with Crippen molar-refractivity contribution in [2.75, 3.05) is 6.79 Å². The van der Waals surface area contributed by atoms with Crippen molar-refractivity contribution in [2.24, 2.45) is 0 Å². The maximum Gasteiger partial charge on any atom is 0.231 e. The van der Waals surface area contributed by atoms with Gasteiger partial charge in [0.1, 0.15) is 17.0 Å². The number of aryl methyl sites for hydroxylation is 2. The summed E-state index contributed by atoms with van der Waals surface area (Å²) in [5, 5.41) is 0. The second-order valence-electron chi connectivity index (χ2n) is 6.13. The second kappa shape index (κ2) is 7.41. The van der Waals surface area contributed by atoms with Gasteiger partial charge >= 0.3 is 0 Å². The van der Waals surface area contributed by atoms with Crippen molar-refractivity contribution < 1.29 is 18.6 Å². The van der Waals surface area contributed by atoms with Crippen LogP contribution in [-0.4, -0.2) is 11.8 Å². The molecule has 1 aliphatic rings. The van der Waals surface area contributed by atoms with Gasteiger partial charge in [-0.3, -0.25) is 0 Å². The summed E-state index contributed by atoms with van der Waals surface area (Å²) < 4.78 is 21.5. The van der Waals surface area contributed by atoms with Gasteiger partial charge in [-0.15, -0.1) is 0 Å². The molecule has 0 saturated heterocycles. The van der Waals surface area contributed by atoms with Crippen LogP contribution >= 0.6 is 0 Å². The summed E-state index contributed by atoms with van der Waals surface area (Å²) in [6.07, 6.45) is 0. The summed E-state index contributed by atoms with van der Waals surface area (Å²) in [5.41, 5.74) is 3.00. The molecule has 0 saturated carbocycles. The van der Waals surface area contributed by atoms with Crippen LogP contribution in [0.1, 0.15) is 11.5 Å². The maximum atomic E-state index is 5.72. The fraction of sp³-hybridized carbons (Fsp3) is 0.136. The summed E-state index contributed by atoms with van der Waals surface area (Å²) >= 11 is 0. The minimum Gasteiger partial charge on any atom is -0.457 e. The van der Waals surface area contributed by atoms with E-state index in [1.165, 1.54) is 5.56 Å². The highest BCUT2D eigenvalue weighted by Crippen LogP contribution is 2.36. The van der Waals surface area contributed by atoms with E-state index in [0.29, 0.717) is 0 Å². The van der Waals surface area contributed by atoms with Gasteiger partial charge in [0.15, 0.2) is 23.0 Å². The first-order valence-electron chi connectivity index (χ1n) is 8.64. The largest absolute Gasteiger partial charge is 0.457 e. The van der Waals surface area contributed by atoms with Gasteiger partial charge in [0.05, 0.1) is 0 Å². The molecule has 0 unspecified atom stereocenters. The smallest absolute Gasteiger partial charge is 0.231 e. The first kappa shape index (κ1) is 17.0. The molecule has 0 radical (unpaired) electrons. The van der Waals surface area contributed by atoms with E-state index in [0.717, 1.165) is 40.0 Å². The molecule has 0 bridgehead atoms. The Balaban J connectivity index is 0.000000153. The highest BCUT2D eigenvalue weighted by Gasteiger charge is 2.13. The zero-order valence-corrected chi connectivity index (χ0v) is 15.1. The van der Waals surface area contributed by atoms with Crippen LogP contribution in [0.3, 0.4) is 0 Å². The van der Waals surface area contributed by atoms with Gasteiger partial charge in [0.25, 0.3) is 0 Å². The third-order valence-electron chi connectivity index (χ3n) is 4.00. The maximum absolute atomic E-state index is 5.72. The SMILES string of the molecule is Cc1ccc(Oc2ccc3c(c2)OCO3)cc1.Cc1nc2ccccc2o1. The molecule has 136 valence electrons. The lowest BCUT2D eigenvalue weighted by Gasteiger charge is -2.06. The monoisotopic (exact) mass is 361 g/mol. The Morgan fingerprint density at radius 1 is 0.815 bits per heavy atom. The molecular weight excluding hydrogens is 342 g/mol. The number of oxazole rings is 1. The standard InChI is InChI=1S/C14H12O3.C8H7NO/c1-10-2-4-11(5-3-10)17-12-6-7-13-14(8-12)16-9-15-13;1-6-9-7-4-2-3-5-8(7)10-6/h2-8H,9H2,1H3;2-5H,1H3. The number of hydrogen-bond donors (Lipinski definition) is 0. The lowest BCUT2D eigenvalue weighted by atomic mass is 10.2. The van der Waals surface area contributed by atoms with Crippen molar-refractivity contribution >= 4 is 11.1 Å². The average Bonchev–Trinajstić information content (AvgIpc) is 3.29. The number of hydrogen-bond acceptors (Lipinski definition) is 5. The molecule has 0 aliphatic carbocycles. The minimum atomic E-state index is 0.281. The molecule has 5 nitrogen and oxygen atoms in total. The Hall–Kier alpha value is -3.47. The molecule has 2 heterocycles. The predicted octanol–water partition coefficient (Wildman–Crippen LogP) is 5.65. The third kappa shape index (κ3) is 4.03. The van der Waals surface area contributed by atoms with Crippen LogP contribution in [0.25, 0.3) is 11.1 Å². The van der Waals surface area contributed by atoms with Crippen LogP contribution in [-0.2, 0) is 0 Å². The van der Waals surface area contributed by atoms with E-state index in [4.69, 9.17) is 18.6 Å². The first-order chi connectivity index (χ1) is 13.2. The van der Waals surface area contributed by atoms with Crippen molar-refractivity contribution in [3.05, 3.63) is 78.2 Å². The van der Waals surface area contributed by atoms with Gasteiger partial charge in [0, 0.05) is 13.0 Å². The van der Waals surface area contributed by atoms with Crippen LogP contribution in [0, 0.1) is 13.8 Å². The van der Waals surface area contributed by atoms with Gasteiger partial charge in [-0.2, -0.15) is 0 Å². The van der Waals surface area contributed by atoms with Crippen molar-refractivity contribution in [1.29, 1.82) is 0 Å². The molecule has 5 heteroatoms. The zero-order chi connectivity index (χ0) is 18.6. The molecule has 4 aromatic rings. The summed E-state index contributed by atoms with van der Waals surface area (Å²) in [6, 6.07) is 21.2. The van der Waals surface area contributed by atoms with Gasteiger partial charge in [-0.25, -0.2) is 4.98 Å². The van der Waals surface area contributed by atoms with E-state index in [9.17, 15) is 0 Å². The number of fused-ring (bicyclic) bond motifs is 2. The van der Waals surface area contributed by atoms with Crippen molar-refractivity contribution in [3.8, 4) is 23.0 Å². The van der Waals surface area contributed by atoms with E-state index in [2.05, 4.69) is 4.98 Å². The Morgan fingerprint density at radius 2 is 1.56 bits per heavy atom. The van der Waals surface area contributed by atoms with E-state index in [1.54, 1.807) is 0 Å². The molecule has 1 aromatic heterocycles. The molecule has 0 fully saturated rings. The molecule has 5 rings (SSSR count). The number of para-hydroxylation sites is 2. The molecule has 27 heavy (non-hydrogen) atoms. The number of aromatic nitrogens is 1. The molecule has 0 amide bonds. The van der Waals surface area contributed by atoms with E-state index in [-0.39, 0.29) is 6.79 Å². The molecule has 3 aromatic carbocycles. The van der Waals surface area contributed by atoms with Crippen LogP contribution < -0.4 is 14.2 Å². The number of benzene rings is 3. The summed E-state index contributed by atoms with van der Waals surface area (Å²) in [5.74, 6) is 3.78. The predicted molar refractivity (Wildman–Crippen MR) is 103 cm³/mol. The van der Waals surface area contributed by atoms with E-state index in [1.807, 2.05) is 80.6 Å². The highest BCUT2D eigenvalue weighted by atomic mass is 16.7. The topological polar surface area (TPSA) is 53.7 Å². The fourth-order valence-corrected chi connectivity index (χ4v) is 2.67. The van der Waals surface area contributed by atoms with Gasteiger partial charge in [-0.1, -0.05) is 29.8 Å². The van der Waals surface area contributed by atoms with Crippen LogP contribution in [0.4, 0.5) is 0 Å². The van der Waals surface area contributed by atoms with Crippen molar-refractivity contribution in [2.45, 2.75) is 13.8 Å². The lowest BCUT2D eigenvalue weighted by Crippen LogP contribution is -1.92. The summed E-state index contributed by atoms with van der Waals surface area (Å²) in [4.78, 5) is 4.15. The Labute approximate surface area is 157 Å². The first-order valence-corrected chi connectivity index (χ1v) is 8.64. The van der Waals surface area contributed by atoms with Crippen LogP contribution in [0.2, 0.25) is 0 Å². The fourth-order valence-electron chi connectivity index (χ4n) is 2.67. The average molecular weight is 361 g/mol. The minimum absolute atomic E-state index is 0.281. The van der Waals surface area contributed by atoms with Crippen molar-refractivity contribution in [1.82, 2.24) is 4.98 Å². The van der Waals surface area contributed by atoms with Crippen molar-refractivity contribution in [3.63, 3.8) is 0 Å². The molecule has 0 N–H and O–H groups in total. The Kier molecular flexibility index (Phi) is 4.66. The Morgan fingerprint density at radius 3 is 2.37 bits per heavy atom. The highest BCUT2D eigenvalue weighted by molar-refractivity contribution is 5.71. The van der Waals surface area contributed by atoms with Gasteiger partial charge in [0.2, 0.25) is 6.79 Å². The summed E-state index contributed by atoms with van der Waals surface area (Å²) in [7, 11) is 0. The summed E-state index contributed by atoms with van der Waals surface area (Å²) in [6.45, 7) is 4.17. The number of rotatable bonds is 2. The number of nitrogens with zero attached hydrogens (tertiary/aromatic N) is 1. The van der Waals surface area contributed by atoms with E-state index < -0.39 is 0 Å². The Bertz CT molecular complexity index is 1020. The van der Waals surface area contributed by atoms with Gasteiger partial charge < -0.3 is 18.6 Å². The second-order valence-corrected chi connectivity index (χ2v) is 6.13. The van der Waals surface area contributed by atoms with Crippen LogP contribution in [0.5, 0.6) is 23.0 Å². The third-order valence-corrected chi connectivity index (χ3v) is 4.00. The van der Waals surface area contributed by atoms with Gasteiger partial charge in [-0.05, 0) is 43.3 Å². The van der Waals surface area contributed by atoms with E-state index >= 15 is 0 Å². The number of ether oxygens (including phenoxy) is 3. The normalized spacial score (nSPS) is 11.8. The molecular formula is C22H19NO4. The lowest BCUT2D eigenvalue weighted by molar-refractivity contribution is 0.174. The zero-order valence-electron chi connectivity index (χ0n) is 15.1. The molecule has 0 atom stereocenters. The molecule has 1 aliphatic heterocycles. The quantitative estimate of drug-likeness (QED) is 0.462. The molecule has 0 spiro atoms. The van der Waals surface area contributed by atoms with Crippen LogP contribution in [0.15, 0.2) is 71.1 Å².